The van der Waals surface area contributed by atoms with E-state index in [1.54, 1.807) is 53.2 Å². The standard InChI is InChI=1S/C52H38N4O.Pt/c1-36(2)31-37-29-30-53-51(32-37)56-47-24-10-9-21-45(47)46-28-27-42(34-50(46)56)57-41-20-13-19-40(33-41)54-35-55(49-26-12-11-25-48(49)54)52-43(38-15-5-3-6-16-38)22-14-23-44(52)39-17-7-4-8-18-39;/h3-30,32,36H,31H2,1-2H3;/q-2;/i3D,4D,5D,6D,7D,8D,9D,10D,15D,16D,17D,18D,21D,24D,27D,28D;. The molecular formula is C52H38N4OPt-2. The van der Waals surface area contributed by atoms with Crippen LogP contribution in [-0.4, -0.2) is 14.1 Å². The second-order valence-electron chi connectivity index (χ2n) is 13.6. The van der Waals surface area contributed by atoms with Crippen LogP contribution < -0.4 is 9.30 Å². The maximum atomic E-state index is 9.31. The molecule has 10 aromatic rings. The Hall–Kier alpha value is -6.55. The van der Waals surface area contributed by atoms with Gasteiger partial charge in [-0.25, -0.2) is 4.98 Å². The van der Waals surface area contributed by atoms with E-state index >= 15 is 0 Å². The Kier molecular flexibility index (Phi) is 6.25. The molecule has 10 rings (SSSR count). The van der Waals surface area contributed by atoms with Crippen LogP contribution in [-0.2, 0) is 27.5 Å². The number of benzene rings is 7. The van der Waals surface area contributed by atoms with E-state index < -0.39 is 84.6 Å². The topological polar surface area (TPSA) is 35.9 Å². The van der Waals surface area contributed by atoms with Crippen molar-refractivity contribution in [2.24, 2.45) is 5.92 Å². The first-order valence-electron chi connectivity index (χ1n) is 26.1. The van der Waals surface area contributed by atoms with E-state index in [0.717, 1.165) is 5.56 Å². The van der Waals surface area contributed by atoms with Crippen molar-refractivity contribution in [2.45, 2.75) is 20.3 Å². The molecule has 0 unspecified atom stereocenters. The van der Waals surface area contributed by atoms with Gasteiger partial charge in [-0.2, -0.15) is 18.2 Å². The molecule has 0 radical (unpaired) electrons. The second kappa shape index (κ2) is 15.8. The Balaban J connectivity index is 0.00000672. The van der Waals surface area contributed by atoms with E-state index in [2.05, 4.69) is 37.3 Å². The Morgan fingerprint density at radius 3 is 2.16 bits per heavy atom. The van der Waals surface area contributed by atoms with Crippen molar-refractivity contribution in [2.75, 3.05) is 0 Å². The van der Waals surface area contributed by atoms with E-state index in [-0.39, 0.29) is 100 Å². The van der Waals surface area contributed by atoms with Gasteiger partial charge in [-0.1, -0.05) is 140 Å². The predicted octanol–water partition coefficient (Wildman–Crippen LogP) is 12.1. The van der Waals surface area contributed by atoms with Gasteiger partial charge >= 0.3 is 0 Å². The molecule has 5 nitrogen and oxygen atoms in total. The van der Waals surface area contributed by atoms with Crippen LogP contribution in [0.4, 0.5) is 0 Å². The third kappa shape index (κ3) is 6.82. The minimum Gasteiger partial charge on any atom is -0.510 e. The first-order chi connectivity index (χ1) is 34.7. The Labute approximate surface area is 375 Å². The number of para-hydroxylation sites is 4. The average Bonchev–Trinajstić information content (AvgIpc) is 3.93. The van der Waals surface area contributed by atoms with Crippen LogP contribution in [0, 0.1) is 24.4 Å². The fourth-order valence-electron chi connectivity index (χ4n) is 7.05. The molecule has 0 aliphatic heterocycles. The van der Waals surface area contributed by atoms with Crippen molar-refractivity contribution in [3.63, 3.8) is 0 Å². The number of fused-ring (bicyclic) bond motifs is 4. The number of aromatic nitrogens is 4. The molecule has 0 aliphatic rings. The maximum absolute atomic E-state index is 9.31. The molecule has 6 heteroatoms. The summed E-state index contributed by atoms with van der Waals surface area (Å²) in [6.07, 6.45) is 5.59. The van der Waals surface area contributed by atoms with Crippen LogP contribution in [0.15, 0.2) is 176 Å². The fraction of sp³-hybridized carbons (Fsp3) is 0.0769. The van der Waals surface area contributed by atoms with Crippen LogP contribution in [0.1, 0.15) is 41.3 Å². The molecule has 0 bridgehead atoms. The molecular weight excluding hydrogens is 892 g/mol. The van der Waals surface area contributed by atoms with Gasteiger partial charge in [0.05, 0.1) is 35.9 Å². The van der Waals surface area contributed by atoms with Crippen molar-refractivity contribution in [3.05, 3.63) is 200 Å². The largest absolute Gasteiger partial charge is 0.510 e. The van der Waals surface area contributed by atoms with Crippen LogP contribution >= 0.6 is 0 Å². The van der Waals surface area contributed by atoms with Crippen molar-refractivity contribution in [3.8, 4) is 50.9 Å². The van der Waals surface area contributed by atoms with Crippen molar-refractivity contribution in [1.82, 2.24) is 14.1 Å². The smallest absolute Gasteiger partial charge is 0.268 e. The van der Waals surface area contributed by atoms with E-state index in [4.69, 9.17) is 23.9 Å². The summed E-state index contributed by atoms with van der Waals surface area (Å²) >= 11 is 0. The molecule has 0 atom stereocenters. The number of rotatable bonds is 9. The zero-order chi connectivity index (χ0) is 52.2. The van der Waals surface area contributed by atoms with Gasteiger partial charge in [0, 0.05) is 45.6 Å². The zero-order valence-electron chi connectivity index (χ0n) is 46.8. The van der Waals surface area contributed by atoms with Crippen molar-refractivity contribution in [1.29, 1.82) is 0 Å². The maximum Gasteiger partial charge on any atom is 0.268 e. The number of hydrogen-bond donors (Lipinski definition) is 0. The summed E-state index contributed by atoms with van der Waals surface area (Å²) in [7, 11) is 0. The van der Waals surface area contributed by atoms with E-state index in [1.165, 1.54) is 27.3 Å². The van der Waals surface area contributed by atoms with Gasteiger partial charge in [-0.15, -0.1) is 29.6 Å². The summed E-state index contributed by atoms with van der Waals surface area (Å²) in [5, 5.41) is 0.0797. The van der Waals surface area contributed by atoms with Gasteiger partial charge in [-0.3, -0.25) is 4.57 Å². The van der Waals surface area contributed by atoms with Gasteiger partial charge in [0.1, 0.15) is 5.82 Å². The first-order valence-corrected chi connectivity index (χ1v) is 18.1. The fourth-order valence-corrected chi connectivity index (χ4v) is 7.05. The zero-order valence-corrected chi connectivity index (χ0v) is 33.1. The Bertz CT molecular complexity index is 3860. The van der Waals surface area contributed by atoms with Crippen LogP contribution in [0.25, 0.3) is 72.3 Å². The summed E-state index contributed by atoms with van der Waals surface area (Å²) in [6.45, 7) is 4.13. The van der Waals surface area contributed by atoms with E-state index in [1.807, 2.05) is 12.1 Å². The molecule has 0 aliphatic carbocycles. The van der Waals surface area contributed by atoms with Gasteiger partial charge in [0.25, 0.3) is 6.33 Å². The van der Waals surface area contributed by atoms with Crippen molar-refractivity contribution >= 4 is 32.8 Å². The summed E-state index contributed by atoms with van der Waals surface area (Å²) in [4.78, 5) is 4.60. The Morgan fingerprint density at radius 1 is 0.690 bits per heavy atom. The van der Waals surface area contributed by atoms with E-state index in [9.17, 15) is 2.74 Å². The average molecular weight is 946 g/mol. The van der Waals surface area contributed by atoms with Crippen molar-refractivity contribution < 1.29 is 52.3 Å². The number of imidazole rings is 1. The first kappa shape index (κ1) is 23.0. The minimum atomic E-state index is -0.620. The second-order valence-corrected chi connectivity index (χ2v) is 13.6. The molecule has 284 valence electrons. The molecule has 7 aromatic carbocycles. The molecule has 0 fully saturated rings. The van der Waals surface area contributed by atoms with Crippen LogP contribution in [0.3, 0.4) is 0 Å². The number of pyridine rings is 1. The van der Waals surface area contributed by atoms with Gasteiger partial charge < -0.3 is 13.9 Å². The molecule has 0 spiro atoms. The molecule has 3 heterocycles. The summed E-state index contributed by atoms with van der Waals surface area (Å²) < 4.78 is 151. The molecule has 3 aromatic heterocycles. The molecule has 0 N–H and O–H groups in total. The third-order valence-electron chi connectivity index (χ3n) is 9.39. The van der Waals surface area contributed by atoms with Crippen LogP contribution in [0.5, 0.6) is 11.5 Å². The molecule has 0 saturated carbocycles. The van der Waals surface area contributed by atoms with Crippen LogP contribution in [0.2, 0.25) is 0 Å². The van der Waals surface area contributed by atoms with Gasteiger partial charge in [-0.05, 0) is 70.8 Å². The van der Waals surface area contributed by atoms with E-state index in [0.29, 0.717) is 29.0 Å². The van der Waals surface area contributed by atoms with Gasteiger partial charge in [0.15, 0.2) is 0 Å². The SMILES string of the molecule is [2H]c1c([2H])c([2H])c(-c2cccc(-c3c([2H])c([2H])c([2H])c([2H])c3[2H])c2-[n+]2[c-]n(-c3[c-]c(Oc4[c-]c5c(c([2H])c4[2H])c4c([2H])c([2H])c([2H])c([2H])c4n5-c4cc(CC(C)C)ccn4)ccc3)c3ccccc32)c([2H])c1[2H].[Pt]. The monoisotopic (exact) mass is 945 g/mol. The summed E-state index contributed by atoms with van der Waals surface area (Å²) in [6, 6.07) is 18.0. The van der Waals surface area contributed by atoms with Gasteiger partial charge in [0.2, 0.25) is 0 Å². The molecule has 0 saturated heterocycles. The number of ether oxygens (including phenoxy) is 1. The number of hydrogen-bond acceptors (Lipinski definition) is 2. The Morgan fingerprint density at radius 2 is 1.40 bits per heavy atom. The minimum absolute atomic E-state index is 0. The summed E-state index contributed by atoms with van der Waals surface area (Å²) in [5.74, 6) is 0.406. The number of nitrogens with zero attached hydrogens (tertiary/aromatic N) is 4. The predicted molar refractivity (Wildman–Crippen MR) is 229 cm³/mol. The molecule has 0 amide bonds. The normalized spacial score (nSPS) is 15.2. The quantitative estimate of drug-likeness (QED) is 0.107. The third-order valence-corrected chi connectivity index (χ3v) is 9.39. The summed E-state index contributed by atoms with van der Waals surface area (Å²) in [5.41, 5.74) is 2.11. The molecule has 58 heavy (non-hydrogen) atoms.